The molecule has 1 heterocycles. The smallest absolute Gasteiger partial charge is 0.123 e. The van der Waals surface area contributed by atoms with Gasteiger partial charge in [0, 0.05) is 23.0 Å². The van der Waals surface area contributed by atoms with E-state index in [-0.39, 0.29) is 18.1 Å². The predicted molar refractivity (Wildman–Crippen MR) is 96.1 cm³/mol. The van der Waals surface area contributed by atoms with E-state index in [1.807, 2.05) is 45.0 Å². The van der Waals surface area contributed by atoms with Crippen molar-refractivity contribution in [2.24, 2.45) is 5.92 Å². The number of nitrogens with one attached hydrogen (secondary N) is 1. The Hall–Kier alpha value is -1.43. The van der Waals surface area contributed by atoms with Crippen LogP contribution in [0.3, 0.4) is 0 Å². The summed E-state index contributed by atoms with van der Waals surface area (Å²) in [4.78, 5) is 5.91. The number of hydrogen-bond acceptors (Lipinski definition) is 5. The lowest BCUT2D eigenvalue weighted by atomic mass is 10.1. The summed E-state index contributed by atoms with van der Waals surface area (Å²) >= 11 is 1.70. The van der Waals surface area contributed by atoms with Crippen LogP contribution >= 0.6 is 11.3 Å². The summed E-state index contributed by atoms with van der Waals surface area (Å²) in [6.07, 6.45) is -0.327. The highest BCUT2D eigenvalue weighted by molar-refractivity contribution is 7.15. The van der Waals surface area contributed by atoms with E-state index in [0.29, 0.717) is 6.54 Å². The molecule has 2 N–H and O–H groups in total. The van der Waals surface area contributed by atoms with Crippen LogP contribution in [0.15, 0.2) is 24.3 Å². The monoisotopic (exact) mass is 334 g/mol. The minimum Gasteiger partial charge on any atom is -0.497 e. The molecule has 0 saturated carbocycles. The Bertz CT molecular complexity index is 622. The van der Waals surface area contributed by atoms with Gasteiger partial charge in [-0.2, -0.15) is 0 Å². The molecule has 0 saturated heterocycles. The van der Waals surface area contributed by atoms with Crippen molar-refractivity contribution in [2.75, 3.05) is 13.7 Å². The largest absolute Gasteiger partial charge is 0.497 e. The molecule has 0 spiro atoms. The van der Waals surface area contributed by atoms with Crippen molar-refractivity contribution in [2.45, 2.75) is 39.8 Å². The van der Waals surface area contributed by atoms with Crippen LogP contribution in [0.25, 0.3) is 10.6 Å². The molecule has 23 heavy (non-hydrogen) atoms. The van der Waals surface area contributed by atoms with Gasteiger partial charge < -0.3 is 15.2 Å². The molecule has 0 radical (unpaired) electrons. The third kappa shape index (κ3) is 4.53. The van der Waals surface area contributed by atoms with Gasteiger partial charge in [-0.15, -0.1) is 11.3 Å². The third-order valence-corrected chi connectivity index (χ3v) is 5.35. The fourth-order valence-corrected chi connectivity index (χ4v) is 3.39. The number of thiazole rings is 1. The van der Waals surface area contributed by atoms with E-state index in [9.17, 15) is 5.11 Å². The first-order chi connectivity index (χ1) is 10.9. The van der Waals surface area contributed by atoms with Gasteiger partial charge in [-0.25, -0.2) is 4.98 Å². The van der Waals surface area contributed by atoms with Crippen LogP contribution < -0.4 is 10.1 Å². The first-order valence-electron chi connectivity index (χ1n) is 7.95. The van der Waals surface area contributed by atoms with Gasteiger partial charge in [-0.05, 0) is 44.0 Å². The van der Waals surface area contributed by atoms with Gasteiger partial charge in [-0.3, -0.25) is 0 Å². The molecule has 0 aliphatic heterocycles. The van der Waals surface area contributed by atoms with Crippen molar-refractivity contribution in [1.82, 2.24) is 10.3 Å². The second-order valence-corrected chi connectivity index (χ2v) is 7.17. The van der Waals surface area contributed by atoms with Crippen LogP contribution in [0.1, 0.15) is 37.4 Å². The van der Waals surface area contributed by atoms with Crippen molar-refractivity contribution in [1.29, 1.82) is 0 Å². The number of nitrogens with zero attached hydrogens (tertiary/aromatic N) is 1. The van der Waals surface area contributed by atoms with Gasteiger partial charge >= 0.3 is 0 Å². The minimum absolute atomic E-state index is 0.174. The normalized spacial score (nSPS) is 14.0. The summed E-state index contributed by atoms with van der Waals surface area (Å²) in [5.74, 6) is 1.10. The molecule has 0 amide bonds. The highest BCUT2D eigenvalue weighted by Gasteiger charge is 2.17. The molecule has 2 rings (SSSR count). The molecule has 0 aliphatic rings. The molecule has 2 aromatic rings. The molecule has 126 valence electrons. The lowest BCUT2D eigenvalue weighted by molar-refractivity contribution is 0.121. The zero-order valence-electron chi connectivity index (χ0n) is 14.5. The van der Waals surface area contributed by atoms with E-state index in [2.05, 4.69) is 12.2 Å². The number of hydrogen-bond donors (Lipinski definition) is 2. The van der Waals surface area contributed by atoms with Gasteiger partial charge in [0.1, 0.15) is 10.8 Å². The predicted octanol–water partition coefficient (Wildman–Crippen LogP) is 3.79. The highest BCUT2D eigenvalue weighted by Crippen LogP contribution is 2.32. The van der Waals surface area contributed by atoms with Crippen LogP contribution in [0.5, 0.6) is 5.75 Å². The summed E-state index contributed by atoms with van der Waals surface area (Å²) in [6, 6.07) is 8.13. The minimum atomic E-state index is -0.327. The van der Waals surface area contributed by atoms with E-state index in [4.69, 9.17) is 9.72 Å². The summed E-state index contributed by atoms with van der Waals surface area (Å²) < 4.78 is 5.20. The van der Waals surface area contributed by atoms with E-state index >= 15 is 0 Å². The fourth-order valence-electron chi connectivity index (χ4n) is 2.29. The number of benzene rings is 1. The molecule has 5 heteroatoms. The number of ether oxygens (including phenoxy) is 1. The molecule has 0 aliphatic carbocycles. The molecule has 0 bridgehead atoms. The Labute approximate surface area is 142 Å². The average Bonchev–Trinajstić information content (AvgIpc) is 2.94. The van der Waals surface area contributed by atoms with Crippen molar-refractivity contribution >= 4 is 11.3 Å². The van der Waals surface area contributed by atoms with Gasteiger partial charge in [0.2, 0.25) is 0 Å². The Balaban J connectivity index is 2.10. The van der Waals surface area contributed by atoms with Gasteiger partial charge in [-0.1, -0.05) is 13.8 Å². The van der Waals surface area contributed by atoms with Crippen LogP contribution in [0.4, 0.5) is 0 Å². The van der Waals surface area contributed by atoms with E-state index in [1.54, 1.807) is 18.4 Å². The van der Waals surface area contributed by atoms with Gasteiger partial charge in [0.15, 0.2) is 0 Å². The Morgan fingerprint density at radius 2 is 1.87 bits per heavy atom. The lowest BCUT2D eigenvalue weighted by Crippen LogP contribution is -2.32. The zero-order chi connectivity index (χ0) is 17.0. The quantitative estimate of drug-likeness (QED) is 0.809. The zero-order valence-corrected chi connectivity index (χ0v) is 15.3. The molecule has 2 unspecified atom stereocenters. The number of rotatable bonds is 7. The van der Waals surface area contributed by atoms with Crippen LogP contribution in [-0.4, -0.2) is 29.8 Å². The number of aliphatic hydroxyl groups excluding tert-OH is 1. The molecule has 1 aromatic carbocycles. The number of aliphatic hydroxyl groups is 1. The maximum Gasteiger partial charge on any atom is 0.123 e. The third-order valence-electron chi connectivity index (χ3n) is 3.97. The number of aryl methyl sites for hydroxylation is 1. The van der Waals surface area contributed by atoms with Crippen molar-refractivity contribution in [3.63, 3.8) is 0 Å². The topological polar surface area (TPSA) is 54.4 Å². The SMILES string of the molecule is COc1ccc(-c2nc(C)c(C(C)NCC(O)C(C)C)s2)cc1. The maximum absolute atomic E-state index is 9.94. The average molecular weight is 334 g/mol. The molecule has 0 fully saturated rings. The summed E-state index contributed by atoms with van der Waals surface area (Å²) in [5.41, 5.74) is 2.14. The first-order valence-corrected chi connectivity index (χ1v) is 8.77. The second-order valence-electron chi connectivity index (χ2n) is 6.14. The van der Waals surface area contributed by atoms with Crippen molar-refractivity contribution in [3.8, 4) is 16.3 Å². The maximum atomic E-state index is 9.94. The van der Waals surface area contributed by atoms with Crippen LogP contribution in [0.2, 0.25) is 0 Å². The Kier molecular flexibility index (Phi) is 6.16. The fraction of sp³-hybridized carbons (Fsp3) is 0.500. The van der Waals surface area contributed by atoms with E-state index in [1.165, 1.54) is 4.88 Å². The van der Waals surface area contributed by atoms with Crippen LogP contribution in [0, 0.1) is 12.8 Å². The molecule has 2 atom stereocenters. The summed E-state index contributed by atoms with van der Waals surface area (Å²) in [6.45, 7) is 8.79. The van der Waals surface area contributed by atoms with Gasteiger partial charge in [0.05, 0.1) is 18.9 Å². The van der Waals surface area contributed by atoms with Crippen molar-refractivity contribution < 1.29 is 9.84 Å². The van der Waals surface area contributed by atoms with Crippen LogP contribution in [-0.2, 0) is 0 Å². The van der Waals surface area contributed by atoms with E-state index in [0.717, 1.165) is 22.0 Å². The number of methoxy groups -OCH3 is 1. The first kappa shape index (κ1) is 17.9. The Morgan fingerprint density at radius 3 is 2.43 bits per heavy atom. The molecular weight excluding hydrogens is 308 g/mol. The van der Waals surface area contributed by atoms with Crippen molar-refractivity contribution in [3.05, 3.63) is 34.8 Å². The van der Waals surface area contributed by atoms with E-state index < -0.39 is 0 Å². The lowest BCUT2D eigenvalue weighted by Gasteiger charge is -2.18. The molecular formula is C18H26N2O2S. The molecule has 4 nitrogen and oxygen atoms in total. The molecule has 1 aromatic heterocycles. The summed E-state index contributed by atoms with van der Waals surface area (Å²) in [7, 11) is 1.67. The standard InChI is InChI=1S/C18H26N2O2S/c1-11(2)16(21)10-19-12(3)17-13(4)20-18(23-17)14-6-8-15(22-5)9-7-14/h6-9,11-12,16,19,21H,10H2,1-5H3. The highest BCUT2D eigenvalue weighted by atomic mass is 32.1. The number of aromatic nitrogens is 1. The second kappa shape index (κ2) is 7.90. The summed E-state index contributed by atoms with van der Waals surface area (Å²) in [5, 5.41) is 14.4. The van der Waals surface area contributed by atoms with Gasteiger partial charge in [0.25, 0.3) is 0 Å². The Morgan fingerprint density at radius 1 is 1.22 bits per heavy atom.